The largest absolute Gasteiger partial charge is 0.493 e. The van der Waals surface area contributed by atoms with Crippen LogP contribution in [-0.2, 0) is 20.9 Å². The number of ether oxygens (including phenoxy) is 2. The lowest BCUT2D eigenvalue weighted by Crippen LogP contribution is -2.41. The van der Waals surface area contributed by atoms with E-state index in [1.165, 1.54) is 19.2 Å². The van der Waals surface area contributed by atoms with Crippen LogP contribution in [0.2, 0.25) is 0 Å². The first-order valence-electron chi connectivity index (χ1n) is 9.08. The molecular weight excluding hydrogens is 467 g/mol. The first-order chi connectivity index (χ1) is 14.1. The van der Waals surface area contributed by atoms with Crippen molar-refractivity contribution in [2.75, 3.05) is 18.6 Å². The highest BCUT2D eigenvalue weighted by Gasteiger charge is 2.43. The van der Waals surface area contributed by atoms with Gasteiger partial charge in [-0.05, 0) is 30.2 Å². The topological polar surface area (TPSA) is 55.8 Å². The summed E-state index contributed by atoms with van der Waals surface area (Å²) >= 11 is 3.36. The second-order valence-corrected chi connectivity index (χ2v) is 7.78. The van der Waals surface area contributed by atoms with Gasteiger partial charge in [0.15, 0.2) is 0 Å². The van der Waals surface area contributed by atoms with Crippen molar-refractivity contribution >= 4 is 33.5 Å². The van der Waals surface area contributed by atoms with Gasteiger partial charge < -0.3 is 14.4 Å². The molecule has 160 valence electrons. The number of methoxy groups -OCH3 is 1. The molecule has 2 aromatic carbocycles. The molecule has 1 aliphatic heterocycles. The van der Waals surface area contributed by atoms with Gasteiger partial charge >= 0.3 is 18.1 Å². The maximum atomic E-state index is 13.3. The molecule has 9 heteroatoms. The van der Waals surface area contributed by atoms with Gasteiger partial charge in [0.1, 0.15) is 5.75 Å². The Labute approximate surface area is 179 Å². The molecule has 0 fully saturated rings. The van der Waals surface area contributed by atoms with Crippen LogP contribution in [0.15, 0.2) is 40.9 Å². The van der Waals surface area contributed by atoms with Crippen molar-refractivity contribution in [3.8, 4) is 5.75 Å². The average Bonchev–Trinajstić information content (AvgIpc) is 3.09. The van der Waals surface area contributed by atoms with Crippen LogP contribution in [-0.4, -0.2) is 31.8 Å². The Bertz CT molecular complexity index is 977. The van der Waals surface area contributed by atoms with E-state index in [0.29, 0.717) is 21.8 Å². The number of nitrogens with zero attached hydrogens (tertiary/aromatic N) is 1. The number of fused-ring (bicyclic) bond motifs is 1. The summed E-state index contributed by atoms with van der Waals surface area (Å²) in [4.78, 5) is 24.4. The molecule has 0 spiro atoms. The smallest absolute Gasteiger partial charge is 0.471 e. The molecule has 0 saturated carbocycles. The minimum absolute atomic E-state index is 0.0640. The van der Waals surface area contributed by atoms with Crippen LogP contribution in [0.3, 0.4) is 0 Å². The molecule has 1 atom stereocenters. The highest BCUT2D eigenvalue weighted by Crippen LogP contribution is 2.39. The van der Waals surface area contributed by atoms with Crippen LogP contribution in [0.4, 0.5) is 18.9 Å². The number of hydrogen-bond donors (Lipinski definition) is 0. The van der Waals surface area contributed by atoms with Crippen molar-refractivity contribution in [1.29, 1.82) is 0 Å². The van der Waals surface area contributed by atoms with Gasteiger partial charge in [0, 0.05) is 27.7 Å². The fraction of sp³-hybridized carbons (Fsp3) is 0.333. The molecule has 0 unspecified atom stereocenters. The summed E-state index contributed by atoms with van der Waals surface area (Å²) in [7, 11) is 1.28. The standard InChI is InChI=1S/C21H19BrF3NO4/c1-12-13(4-3-5-17(12)22)10-26(20(28)21(23,24)25)15-6-7-16-14(8-19(27)29-2)11-30-18(16)9-15/h3-7,9,14H,8,10-11H2,1-2H3/t14-/m1/s1. The summed E-state index contributed by atoms with van der Waals surface area (Å²) < 4.78 is 50.9. The highest BCUT2D eigenvalue weighted by molar-refractivity contribution is 9.10. The first-order valence-corrected chi connectivity index (χ1v) is 9.87. The molecule has 1 heterocycles. The van der Waals surface area contributed by atoms with E-state index in [1.807, 2.05) is 0 Å². The third-order valence-corrected chi connectivity index (χ3v) is 5.88. The summed E-state index contributed by atoms with van der Waals surface area (Å²) in [5, 5.41) is 0. The van der Waals surface area contributed by atoms with E-state index in [2.05, 4.69) is 20.7 Å². The van der Waals surface area contributed by atoms with Gasteiger partial charge in [-0.3, -0.25) is 9.59 Å². The molecule has 0 aliphatic carbocycles. The van der Waals surface area contributed by atoms with E-state index in [4.69, 9.17) is 4.74 Å². The van der Waals surface area contributed by atoms with Gasteiger partial charge in [0.2, 0.25) is 0 Å². The van der Waals surface area contributed by atoms with Crippen LogP contribution in [0.5, 0.6) is 5.75 Å². The van der Waals surface area contributed by atoms with E-state index in [-0.39, 0.29) is 31.2 Å². The molecule has 1 aliphatic rings. The molecular formula is C21H19BrF3NO4. The van der Waals surface area contributed by atoms with Gasteiger partial charge in [0.05, 0.1) is 26.7 Å². The van der Waals surface area contributed by atoms with Crippen LogP contribution in [0.25, 0.3) is 0 Å². The number of alkyl halides is 3. The zero-order valence-electron chi connectivity index (χ0n) is 16.3. The lowest BCUT2D eigenvalue weighted by molar-refractivity contribution is -0.170. The Hall–Kier alpha value is -2.55. The number of rotatable bonds is 5. The van der Waals surface area contributed by atoms with Gasteiger partial charge in [-0.2, -0.15) is 13.2 Å². The second-order valence-electron chi connectivity index (χ2n) is 6.92. The Morgan fingerprint density at radius 3 is 2.67 bits per heavy atom. The monoisotopic (exact) mass is 485 g/mol. The van der Waals surface area contributed by atoms with Crippen molar-refractivity contribution in [3.05, 3.63) is 57.6 Å². The predicted octanol–water partition coefficient (Wildman–Crippen LogP) is 4.89. The predicted molar refractivity (Wildman–Crippen MR) is 107 cm³/mol. The van der Waals surface area contributed by atoms with Gasteiger partial charge in [0.25, 0.3) is 0 Å². The Kier molecular flexibility index (Phi) is 6.40. The van der Waals surface area contributed by atoms with E-state index in [0.717, 1.165) is 10.0 Å². The zero-order chi connectivity index (χ0) is 22.1. The van der Waals surface area contributed by atoms with Crippen LogP contribution < -0.4 is 9.64 Å². The molecule has 0 bridgehead atoms. The summed E-state index contributed by atoms with van der Waals surface area (Å²) in [5.41, 5.74) is 2.08. The normalized spacial score (nSPS) is 15.3. The fourth-order valence-corrected chi connectivity index (χ4v) is 3.72. The first kappa shape index (κ1) is 22.1. The molecule has 0 radical (unpaired) electrons. The number of hydrogen-bond acceptors (Lipinski definition) is 4. The van der Waals surface area contributed by atoms with Crippen LogP contribution >= 0.6 is 15.9 Å². The molecule has 3 rings (SSSR count). The number of carbonyl (C=O) groups excluding carboxylic acids is 2. The van der Waals surface area contributed by atoms with E-state index in [9.17, 15) is 22.8 Å². The Balaban J connectivity index is 1.96. The van der Waals surface area contributed by atoms with Crippen molar-refractivity contribution < 1.29 is 32.2 Å². The van der Waals surface area contributed by atoms with Gasteiger partial charge in [-0.25, -0.2) is 0 Å². The minimum atomic E-state index is -5.03. The molecule has 5 nitrogen and oxygen atoms in total. The maximum Gasteiger partial charge on any atom is 0.471 e. The van der Waals surface area contributed by atoms with Crippen molar-refractivity contribution in [2.24, 2.45) is 0 Å². The zero-order valence-corrected chi connectivity index (χ0v) is 17.8. The van der Waals surface area contributed by atoms with Crippen LogP contribution in [0.1, 0.15) is 29.0 Å². The summed E-state index contributed by atoms with van der Waals surface area (Å²) in [5.74, 6) is -2.27. The molecule has 0 aromatic heterocycles. The Morgan fingerprint density at radius 1 is 1.27 bits per heavy atom. The average molecular weight is 486 g/mol. The number of amides is 1. The molecule has 0 saturated heterocycles. The van der Waals surface area contributed by atoms with Gasteiger partial charge in [-0.1, -0.05) is 34.1 Å². The van der Waals surface area contributed by atoms with E-state index >= 15 is 0 Å². The maximum absolute atomic E-state index is 13.3. The molecule has 30 heavy (non-hydrogen) atoms. The summed E-state index contributed by atoms with van der Waals surface area (Å²) in [6.07, 6.45) is -4.93. The molecule has 2 aromatic rings. The van der Waals surface area contributed by atoms with Gasteiger partial charge in [-0.15, -0.1) is 0 Å². The van der Waals surface area contributed by atoms with Crippen molar-refractivity contribution in [3.63, 3.8) is 0 Å². The summed E-state index contributed by atoms with van der Waals surface area (Å²) in [6.45, 7) is 1.72. The SMILES string of the molecule is COC(=O)C[C@@H]1COc2cc(N(Cc3cccc(Br)c3C)C(=O)C(F)(F)F)ccc21. The lowest BCUT2D eigenvalue weighted by atomic mass is 9.97. The number of esters is 1. The number of halogens is 4. The number of benzene rings is 2. The number of anilines is 1. The Morgan fingerprint density at radius 2 is 2.00 bits per heavy atom. The third kappa shape index (κ3) is 4.61. The minimum Gasteiger partial charge on any atom is -0.493 e. The van der Waals surface area contributed by atoms with Crippen LogP contribution in [0, 0.1) is 6.92 Å². The van der Waals surface area contributed by atoms with E-state index in [1.54, 1.807) is 31.2 Å². The highest BCUT2D eigenvalue weighted by atomic mass is 79.9. The third-order valence-electron chi connectivity index (χ3n) is 5.03. The molecule has 0 N–H and O–H groups in total. The summed E-state index contributed by atoms with van der Waals surface area (Å²) in [6, 6.07) is 9.59. The fourth-order valence-electron chi connectivity index (χ4n) is 3.31. The van der Waals surface area contributed by atoms with Crippen molar-refractivity contribution in [1.82, 2.24) is 0 Å². The number of carbonyl (C=O) groups is 2. The molecule has 1 amide bonds. The quantitative estimate of drug-likeness (QED) is 0.565. The second kappa shape index (κ2) is 8.67. The van der Waals surface area contributed by atoms with E-state index < -0.39 is 18.1 Å². The van der Waals surface area contributed by atoms with Crippen molar-refractivity contribution in [2.45, 2.75) is 32.0 Å². The lowest BCUT2D eigenvalue weighted by Gasteiger charge is -2.25.